The SMILES string of the molecule is CC(O)C(NP(=O)=O)C(=O)O.[CaH2]. The Hall–Kier alpha value is 0.550. The van der Waals surface area contributed by atoms with E-state index < -0.39 is 25.9 Å². The number of carboxylic acids is 1. The van der Waals surface area contributed by atoms with E-state index in [2.05, 4.69) is 0 Å². The molecule has 0 aliphatic rings. The van der Waals surface area contributed by atoms with Crippen molar-refractivity contribution in [3.63, 3.8) is 0 Å². The summed E-state index contributed by atoms with van der Waals surface area (Å²) in [4.78, 5) is 10.2. The maximum atomic E-state index is 10.2. The number of hydrogen-bond donors (Lipinski definition) is 3. The molecule has 0 aliphatic heterocycles. The summed E-state index contributed by atoms with van der Waals surface area (Å²) in [6, 6.07) is -1.46. The Morgan fingerprint density at radius 2 is 1.92 bits per heavy atom. The van der Waals surface area contributed by atoms with Crippen molar-refractivity contribution < 1.29 is 24.1 Å². The van der Waals surface area contributed by atoms with Gasteiger partial charge in [-0.25, -0.2) is 9.13 Å². The zero-order valence-corrected chi connectivity index (χ0v) is 6.62. The molecule has 0 aromatic rings. The second kappa shape index (κ2) is 7.00. The number of aliphatic hydroxyl groups excluding tert-OH is 1. The standard InChI is InChI=1S/C4H8NO5P.Ca.2H/c1-2(6)3(4(7)8)5-11(9)10;;;/h2-3,6H,1H3,(H,7,8)(H,5,9,10);;;. The molecule has 2 unspecified atom stereocenters. The Kier molecular flexibility index (Phi) is 8.78. The summed E-state index contributed by atoms with van der Waals surface area (Å²) >= 11 is 0. The van der Waals surface area contributed by atoms with Gasteiger partial charge in [-0.3, -0.25) is 4.79 Å². The van der Waals surface area contributed by atoms with Crippen molar-refractivity contribution >= 4 is 51.5 Å². The van der Waals surface area contributed by atoms with Gasteiger partial charge in [0.2, 0.25) is 0 Å². The van der Waals surface area contributed by atoms with Gasteiger partial charge in [0.05, 0.1) is 6.10 Å². The van der Waals surface area contributed by atoms with Crippen molar-refractivity contribution in [1.29, 1.82) is 0 Å². The van der Waals surface area contributed by atoms with E-state index in [1.165, 1.54) is 6.92 Å². The third-order valence-electron chi connectivity index (χ3n) is 0.993. The third kappa shape index (κ3) is 6.11. The molecular weight excluding hydrogens is 213 g/mol. The molecule has 0 bridgehead atoms. The summed E-state index contributed by atoms with van der Waals surface area (Å²) in [5.41, 5.74) is 0. The Morgan fingerprint density at radius 3 is 2.00 bits per heavy atom. The van der Waals surface area contributed by atoms with E-state index in [1.54, 1.807) is 5.09 Å². The fourth-order valence-corrected chi connectivity index (χ4v) is 1.04. The third-order valence-corrected chi connectivity index (χ3v) is 1.48. The van der Waals surface area contributed by atoms with Crippen LogP contribution in [0, 0.1) is 0 Å². The number of aliphatic carboxylic acids is 1. The molecule has 0 heterocycles. The van der Waals surface area contributed by atoms with E-state index in [0.717, 1.165) is 0 Å². The van der Waals surface area contributed by atoms with Crippen molar-refractivity contribution in [3.05, 3.63) is 0 Å². The van der Waals surface area contributed by atoms with Crippen LogP contribution in [-0.2, 0) is 13.9 Å². The maximum absolute atomic E-state index is 10.2. The molecule has 6 nitrogen and oxygen atoms in total. The van der Waals surface area contributed by atoms with Crippen LogP contribution in [0.5, 0.6) is 0 Å². The number of rotatable bonds is 4. The Bertz CT molecular complexity index is 207. The van der Waals surface area contributed by atoms with Crippen LogP contribution >= 0.6 is 7.83 Å². The Labute approximate surface area is 99.2 Å². The number of carboxylic acid groups (broad SMARTS) is 1. The van der Waals surface area contributed by atoms with Gasteiger partial charge >= 0.3 is 51.5 Å². The number of carbonyl (C=O) groups is 1. The average molecular weight is 223 g/mol. The summed E-state index contributed by atoms with van der Waals surface area (Å²) in [5.74, 6) is -1.40. The van der Waals surface area contributed by atoms with E-state index in [0.29, 0.717) is 0 Å². The van der Waals surface area contributed by atoms with E-state index in [9.17, 15) is 13.9 Å². The molecule has 0 fully saturated rings. The van der Waals surface area contributed by atoms with Crippen LogP contribution < -0.4 is 5.09 Å². The van der Waals surface area contributed by atoms with Gasteiger partial charge in [-0.05, 0) is 6.92 Å². The fourth-order valence-electron chi connectivity index (χ4n) is 0.483. The summed E-state index contributed by atoms with van der Waals surface area (Å²) in [7, 11) is -3.00. The normalized spacial score (nSPS) is 14.2. The number of nitrogens with one attached hydrogen (secondary N) is 1. The van der Waals surface area contributed by atoms with Crippen LogP contribution in [0.1, 0.15) is 6.92 Å². The molecule has 0 spiro atoms. The van der Waals surface area contributed by atoms with Crippen molar-refractivity contribution in [1.82, 2.24) is 5.09 Å². The van der Waals surface area contributed by atoms with Crippen molar-refractivity contribution in [2.75, 3.05) is 0 Å². The van der Waals surface area contributed by atoms with E-state index in [1.807, 2.05) is 0 Å². The molecule has 0 aromatic heterocycles. The van der Waals surface area contributed by atoms with Crippen LogP contribution in [0.4, 0.5) is 0 Å². The number of hydrogen-bond acceptors (Lipinski definition) is 4. The summed E-state index contributed by atoms with van der Waals surface area (Å²) in [5, 5.41) is 18.7. The fraction of sp³-hybridized carbons (Fsp3) is 0.750. The van der Waals surface area contributed by atoms with Crippen LogP contribution in [0.2, 0.25) is 0 Å². The molecular formula is C4H10CaNO5P. The quantitative estimate of drug-likeness (QED) is 0.399. The molecule has 12 heavy (non-hydrogen) atoms. The van der Waals surface area contributed by atoms with Gasteiger partial charge < -0.3 is 10.2 Å². The summed E-state index contributed by atoms with van der Waals surface area (Å²) in [6.07, 6.45) is -1.25. The first-order chi connectivity index (χ1) is 4.95. The topological polar surface area (TPSA) is 104 Å². The number of aliphatic hydroxyl groups is 1. The summed E-state index contributed by atoms with van der Waals surface area (Å²) < 4.78 is 19.9. The second-order valence-electron chi connectivity index (χ2n) is 1.94. The van der Waals surface area contributed by atoms with Crippen LogP contribution in [0.25, 0.3) is 0 Å². The van der Waals surface area contributed by atoms with Crippen LogP contribution in [0.3, 0.4) is 0 Å². The molecule has 0 amide bonds. The predicted molar refractivity (Wildman–Crippen MR) is 43.1 cm³/mol. The van der Waals surface area contributed by atoms with Gasteiger partial charge in [-0.15, -0.1) is 0 Å². The molecule has 68 valence electrons. The second-order valence-corrected chi connectivity index (χ2v) is 2.72. The van der Waals surface area contributed by atoms with Crippen molar-refractivity contribution in [2.45, 2.75) is 19.1 Å². The monoisotopic (exact) mass is 223 g/mol. The zero-order valence-electron chi connectivity index (χ0n) is 5.72. The molecule has 3 N–H and O–H groups in total. The molecule has 0 radical (unpaired) electrons. The van der Waals surface area contributed by atoms with Gasteiger partial charge in [0.25, 0.3) is 0 Å². The summed E-state index contributed by atoms with van der Waals surface area (Å²) in [6.45, 7) is 1.19. The van der Waals surface area contributed by atoms with Gasteiger partial charge in [0.1, 0.15) is 6.04 Å². The van der Waals surface area contributed by atoms with Gasteiger partial charge in [-0.1, -0.05) is 0 Å². The van der Waals surface area contributed by atoms with E-state index in [4.69, 9.17) is 10.2 Å². The van der Waals surface area contributed by atoms with E-state index in [-0.39, 0.29) is 37.7 Å². The average Bonchev–Trinajstić information content (AvgIpc) is 1.81. The van der Waals surface area contributed by atoms with Crippen LogP contribution in [0.15, 0.2) is 0 Å². The van der Waals surface area contributed by atoms with E-state index >= 15 is 0 Å². The first-order valence-electron chi connectivity index (χ1n) is 2.76. The van der Waals surface area contributed by atoms with Crippen molar-refractivity contribution in [3.8, 4) is 0 Å². The molecule has 0 aliphatic carbocycles. The minimum absolute atomic E-state index is 0. The Morgan fingerprint density at radius 1 is 1.50 bits per heavy atom. The van der Waals surface area contributed by atoms with Gasteiger partial charge in [0.15, 0.2) is 0 Å². The van der Waals surface area contributed by atoms with Crippen molar-refractivity contribution in [2.24, 2.45) is 0 Å². The first kappa shape index (κ1) is 15.0. The molecule has 0 saturated carbocycles. The zero-order chi connectivity index (χ0) is 9.02. The predicted octanol–water partition coefficient (Wildman–Crippen LogP) is -1.42. The molecule has 0 saturated heterocycles. The Balaban J connectivity index is 0. The van der Waals surface area contributed by atoms with Gasteiger partial charge in [0, 0.05) is 0 Å². The van der Waals surface area contributed by atoms with Crippen LogP contribution in [-0.4, -0.2) is 66.1 Å². The molecule has 0 rings (SSSR count). The molecule has 8 heteroatoms. The molecule has 0 aromatic carbocycles. The van der Waals surface area contributed by atoms with Gasteiger partial charge in [-0.2, -0.15) is 5.09 Å². The first-order valence-corrected chi connectivity index (χ1v) is 3.94. The molecule has 2 atom stereocenters. The minimum atomic E-state index is -3.00.